The molecule has 0 nitrogen and oxygen atoms in total. The van der Waals surface area contributed by atoms with E-state index >= 15 is 0 Å². The van der Waals surface area contributed by atoms with E-state index in [0.717, 1.165) is 5.57 Å². The maximum Gasteiger partial charge on any atom is -0.0230 e. The van der Waals surface area contributed by atoms with Crippen LogP contribution in [0.25, 0.3) is 5.57 Å². The topological polar surface area (TPSA) is 0 Å². The van der Waals surface area contributed by atoms with Gasteiger partial charge in [-0.25, -0.2) is 0 Å². The highest BCUT2D eigenvalue weighted by molar-refractivity contribution is 5.63. The van der Waals surface area contributed by atoms with E-state index < -0.39 is 0 Å². The SMILES string of the molecule is C/C=C(\C)c1ccc(C)cc1.C=C(C)C.C=C/C(C(=C)C)=C(\C)C(C)C.CC.CC. The Bertz CT molecular complexity index is 627. The maximum absolute atomic E-state index is 3.90. The number of benzene rings is 1. The predicted molar refractivity (Wildman–Crippen MR) is 146 cm³/mol. The van der Waals surface area contributed by atoms with E-state index in [1.165, 1.54) is 33.4 Å². The first-order valence-corrected chi connectivity index (χ1v) is 11.3. The van der Waals surface area contributed by atoms with Gasteiger partial charge in [0.2, 0.25) is 0 Å². The highest BCUT2D eigenvalue weighted by Crippen LogP contribution is 2.19. The Kier molecular flexibility index (Phi) is 27.3. The summed E-state index contributed by atoms with van der Waals surface area (Å²) in [6.07, 6.45) is 4.02. The van der Waals surface area contributed by atoms with Crippen molar-refractivity contribution < 1.29 is 0 Å². The van der Waals surface area contributed by atoms with Gasteiger partial charge in [-0.1, -0.05) is 113 Å². The summed E-state index contributed by atoms with van der Waals surface area (Å²) in [5.41, 5.74) is 8.82. The zero-order valence-electron chi connectivity index (χ0n) is 22.7. The molecule has 0 aliphatic rings. The highest BCUT2D eigenvalue weighted by Gasteiger charge is 2.02. The Balaban J connectivity index is -0.000000168. The first-order valence-electron chi connectivity index (χ1n) is 11.3. The Morgan fingerprint density at radius 2 is 1.20 bits per heavy atom. The average molecular weight is 413 g/mol. The van der Waals surface area contributed by atoms with Gasteiger partial charge in [0.1, 0.15) is 0 Å². The number of rotatable bonds is 4. The molecule has 0 fully saturated rings. The monoisotopic (exact) mass is 412 g/mol. The largest absolute Gasteiger partial charge is 0.100 e. The third-order valence-corrected chi connectivity index (χ3v) is 3.89. The summed E-state index contributed by atoms with van der Waals surface area (Å²) in [5, 5.41) is 0. The zero-order chi connectivity index (χ0) is 24.9. The van der Waals surface area contributed by atoms with Gasteiger partial charge < -0.3 is 0 Å². The molecule has 1 aromatic carbocycles. The van der Waals surface area contributed by atoms with Crippen LogP contribution in [-0.2, 0) is 0 Å². The van der Waals surface area contributed by atoms with Crippen LogP contribution in [0.2, 0.25) is 0 Å². The fourth-order valence-electron chi connectivity index (χ4n) is 1.97. The number of hydrogen-bond donors (Lipinski definition) is 0. The molecule has 0 aromatic heterocycles. The fraction of sp³-hybridized carbons (Fsp3) is 0.467. The van der Waals surface area contributed by atoms with Gasteiger partial charge in [0.05, 0.1) is 0 Å². The van der Waals surface area contributed by atoms with Crippen LogP contribution in [0.4, 0.5) is 0 Å². The fourth-order valence-corrected chi connectivity index (χ4v) is 1.97. The number of hydrogen-bond acceptors (Lipinski definition) is 0. The van der Waals surface area contributed by atoms with Crippen LogP contribution in [0, 0.1) is 12.8 Å². The first kappa shape index (κ1) is 35.4. The van der Waals surface area contributed by atoms with E-state index in [0.29, 0.717) is 5.92 Å². The molecule has 1 aromatic rings. The van der Waals surface area contributed by atoms with E-state index in [1.54, 1.807) is 0 Å². The van der Waals surface area contributed by atoms with Crippen molar-refractivity contribution in [1.29, 1.82) is 0 Å². The van der Waals surface area contributed by atoms with Gasteiger partial charge in [0.25, 0.3) is 0 Å². The van der Waals surface area contributed by atoms with Crippen molar-refractivity contribution in [3.05, 3.63) is 89.6 Å². The summed E-state index contributed by atoms with van der Waals surface area (Å²) < 4.78 is 0. The molecule has 0 aliphatic carbocycles. The Morgan fingerprint density at radius 1 is 0.833 bits per heavy atom. The zero-order valence-corrected chi connectivity index (χ0v) is 22.7. The van der Waals surface area contributed by atoms with E-state index in [2.05, 4.69) is 91.6 Å². The van der Waals surface area contributed by atoms with E-state index in [-0.39, 0.29) is 0 Å². The van der Waals surface area contributed by atoms with Crippen molar-refractivity contribution in [2.45, 2.75) is 90.0 Å². The summed E-state index contributed by atoms with van der Waals surface area (Å²) in [7, 11) is 0. The van der Waals surface area contributed by atoms with Crippen molar-refractivity contribution >= 4 is 5.57 Å². The van der Waals surface area contributed by atoms with Crippen LogP contribution >= 0.6 is 0 Å². The second kappa shape index (κ2) is 23.2. The summed E-state index contributed by atoms with van der Waals surface area (Å²) in [6, 6.07) is 8.60. The minimum absolute atomic E-state index is 0.583. The van der Waals surface area contributed by atoms with Crippen LogP contribution in [0.5, 0.6) is 0 Å². The van der Waals surface area contributed by atoms with Gasteiger partial charge >= 0.3 is 0 Å². The van der Waals surface area contributed by atoms with E-state index in [9.17, 15) is 0 Å². The molecule has 30 heavy (non-hydrogen) atoms. The lowest BCUT2D eigenvalue weighted by Crippen LogP contribution is -1.94. The molecule has 0 amide bonds. The van der Waals surface area contributed by atoms with Crippen LogP contribution in [0.3, 0.4) is 0 Å². The minimum atomic E-state index is 0.583. The normalized spacial score (nSPS) is 10.3. The molecule has 0 spiro atoms. The lowest BCUT2D eigenvalue weighted by atomic mass is 9.95. The van der Waals surface area contributed by atoms with Gasteiger partial charge in [-0.05, 0) is 71.1 Å². The van der Waals surface area contributed by atoms with Gasteiger partial charge in [-0.15, -0.1) is 6.58 Å². The van der Waals surface area contributed by atoms with E-state index in [4.69, 9.17) is 0 Å². The molecule has 172 valence electrons. The van der Waals surface area contributed by atoms with Crippen LogP contribution < -0.4 is 0 Å². The molecule has 0 bridgehead atoms. The molecule has 0 heteroatoms. The van der Waals surface area contributed by atoms with Gasteiger partial charge in [0, 0.05) is 0 Å². The molecule has 0 N–H and O–H groups in total. The third-order valence-electron chi connectivity index (χ3n) is 3.89. The van der Waals surface area contributed by atoms with Crippen molar-refractivity contribution in [2.75, 3.05) is 0 Å². The van der Waals surface area contributed by atoms with Crippen molar-refractivity contribution in [3.8, 4) is 0 Å². The summed E-state index contributed by atoms with van der Waals surface area (Å²) in [4.78, 5) is 0. The average Bonchev–Trinajstić information content (AvgIpc) is 2.71. The quantitative estimate of drug-likeness (QED) is 0.340. The predicted octanol–water partition coefficient (Wildman–Crippen LogP) is 10.8. The molecule has 1 rings (SSSR count). The summed E-state index contributed by atoms with van der Waals surface area (Å²) >= 11 is 0. The van der Waals surface area contributed by atoms with Gasteiger partial charge in [-0.3, -0.25) is 0 Å². The van der Waals surface area contributed by atoms with Crippen molar-refractivity contribution in [3.63, 3.8) is 0 Å². The van der Waals surface area contributed by atoms with Crippen molar-refractivity contribution in [2.24, 2.45) is 5.92 Å². The second-order valence-electron chi connectivity index (χ2n) is 7.28. The molecular weight excluding hydrogens is 360 g/mol. The van der Waals surface area contributed by atoms with Gasteiger partial charge in [0.15, 0.2) is 0 Å². The molecule has 0 saturated carbocycles. The van der Waals surface area contributed by atoms with Crippen LogP contribution in [0.15, 0.2) is 78.4 Å². The molecule has 0 unspecified atom stereocenters. The first-order chi connectivity index (χ1) is 14.0. The molecule has 0 heterocycles. The Labute approximate surface area is 191 Å². The lowest BCUT2D eigenvalue weighted by molar-refractivity contribution is 0.762. The summed E-state index contributed by atoms with van der Waals surface area (Å²) in [6.45, 7) is 38.0. The Morgan fingerprint density at radius 3 is 1.40 bits per heavy atom. The van der Waals surface area contributed by atoms with Crippen LogP contribution in [0.1, 0.15) is 94.2 Å². The molecular formula is C30H52. The standard InChI is InChI=1S/C11H14.C11H18.C4H8.2C2H6/c1-4-10(3)11-7-5-9(2)6-8-11;1-7-11(9(4)5)10(6)8(2)3;1-4(2)3;2*1-2/h4-8H,1-3H3;7-8H,1,4H2,2-3,5-6H3;1H2,2-3H3;2*1-2H3/b10-4+;11-10-;;;. The second-order valence-corrected chi connectivity index (χ2v) is 7.28. The highest BCUT2D eigenvalue weighted by atomic mass is 14.1. The molecule has 0 radical (unpaired) electrons. The third kappa shape index (κ3) is 20.6. The number of allylic oxidation sites excluding steroid dienone is 7. The minimum Gasteiger partial charge on any atom is -0.100 e. The van der Waals surface area contributed by atoms with Gasteiger partial charge in [-0.2, -0.15) is 0 Å². The summed E-state index contributed by atoms with van der Waals surface area (Å²) in [5.74, 6) is 0.583. The van der Waals surface area contributed by atoms with Crippen molar-refractivity contribution in [1.82, 2.24) is 0 Å². The smallest absolute Gasteiger partial charge is 0.0230 e. The molecule has 0 aliphatic heterocycles. The van der Waals surface area contributed by atoms with Crippen LogP contribution in [-0.4, -0.2) is 0 Å². The molecule has 0 saturated heterocycles. The Hall–Kier alpha value is -2.08. The molecule has 0 atom stereocenters. The number of aryl methyl sites for hydroxylation is 1. The lowest BCUT2D eigenvalue weighted by Gasteiger charge is -2.10. The maximum atomic E-state index is 3.90. The van der Waals surface area contributed by atoms with E-state index in [1.807, 2.05) is 54.5 Å².